The summed E-state index contributed by atoms with van der Waals surface area (Å²) >= 11 is 0. The summed E-state index contributed by atoms with van der Waals surface area (Å²) in [7, 11) is 3.99. The number of rotatable bonds is 5. The molecule has 4 nitrogen and oxygen atoms in total. The average molecular weight is 331 g/mol. The van der Waals surface area contributed by atoms with Crippen LogP contribution in [0.4, 0.5) is 5.69 Å². The van der Waals surface area contributed by atoms with Gasteiger partial charge in [-0.15, -0.1) is 0 Å². The van der Waals surface area contributed by atoms with Crippen LogP contribution < -0.4 is 10.3 Å². The molecule has 0 aliphatic heterocycles. The molecule has 0 heterocycles. The smallest absolute Gasteiger partial charge is 0.244 e. The monoisotopic (exact) mass is 331 g/mol. The summed E-state index contributed by atoms with van der Waals surface area (Å²) in [6, 6.07) is 22.0. The van der Waals surface area contributed by atoms with Crippen LogP contribution in [-0.2, 0) is 11.2 Å². The van der Waals surface area contributed by atoms with Crippen LogP contribution in [-0.4, -0.2) is 26.2 Å². The van der Waals surface area contributed by atoms with Gasteiger partial charge in [0.2, 0.25) is 5.91 Å². The third-order valence-corrected chi connectivity index (χ3v) is 4.04. The normalized spacial score (nSPS) is 11.0. The molecule has 0 aromatic heterocycles. The van der Waals surface area contributed by atoms with Crippen molar-refractivity contribution in [1.29, 1.82) is 0 Å². The van der Waals surface area contributed by atoms with Crippen molar-refractivity contribution in [2.24, 2.45) is 5.10 Å². The Bertz CT molecular complexity index is 893. The van der Waals surface area contributed by atoms with Crippen molar-refractivity contribution in [3.8, 4) is 0 Å². The summed E-state index contributed by atoms with van der Waals surface area (Å²) < 4.78 is 0. The molecule has 25 heavy (non-hydrogen) atoms. The highest BCUT2D eigenvalue weighted by Crippen LogP contribution is 2.18. The van der Waals surface area contributed by atoms with E-state index in [9.17, 15) is 4.79 Å². The third-order valence-electron chi connectivity index (χ3n) is 4.04. The molecule has 0 saturated carbocycles. The Kier molecular flexibility index (Phi) is 5.09. The van der Waals surface area contributed by atoms with Crippen LogP contribution in [0.2, 0.25) is 0 Å². The van der Waals surface area contributed by atoms with E-state index in [4.69, 9.17) is 0 Å². The summed E-state index contributed by atoms with van der Waals surface area (Å²) in [5, 5.41) is 6.29. The van der Waals surface area contributed by atoms with Gasteiger partial charge in [0.15, 0.2) is 0 Å². The van der Waals surface area contributed by atoms with E-state index in [1.807, 2.05) is 85.7 Å². The lowest BCUT2D eigenvalue weighted by Crippen LogP contribution is -2.19. The van der Waals surface area contributed by atoms with E-state index in [2.05, 4.69) is 10.5 Å². The van der Waals surface area contributed by atoms with E-state index < -0.39 is 0 Å². The van der Waals surface area contributed by atoms with E-state index in [1.165, 1.54) is 0 Å². The van der Waals surface area contributed by atoms with Crippen LogP contribution in [0.15, 0.2) is 71.8 Å². The number of hydrogen-bond acceptors (Lipinski definition) is 3. The van der Waals surface area contributed by atoms with Crippen molar-refractivity contribution in [2.75, 3.05) is 19.0 Å². The second kappa shape index (κ2) is 7.62. The molecule has 3 aromatic rings. The van der Waals surface area contributed by atoms with Crippen molar-refractivity contribution in [3.63, 3.8) is 0 Å². The van der Waals surface area contributed by atoms with Gasteiger partial charge < -0.3 is 4.90 Å². The van der Waals surface area contributed by atoms with Gasteiger partial charge in [0.25, 0.3) is 0 Å². The molecule has 1 N–H and O–H groups in total. The molecule has 0 aliphatic rings. The molecule has 4 heteroatoms. The van der Waals surface area contributed by atoms with E-state index >= 15 is 0 Å². The average Bonchev–Trinajstić information content (AvgIpc) is 2.62. The first-order chi connectivity index (χ1) is 12.1. The zero-order chi connectivity index (χ0) is 17.6. The van der Waals surface area contributed by atoms with Crippen LogP contribution in [0.1, 0.15) is 11.1 Å². The Labute approximate surface area is 147 Å². The maximum Gasteiger partial charge on any atom is 0.244 e. The number of carbonyl (C=O) groups excluding carboxylic acids is 1. The lowest BCUT2D eigenvalue weighted by Gasteiger charge is -2.11. The first-order valence-corrected chi connectivity index (χ1v) is 8.19. The molecule has 0 fully saturated rings. The molecular weight excluding hydrogens is 310 g/mol. The lowest BCUT2D eigenvalue weighted by molar-refractivity contribution is -0.120. The maximum absolute atomic E-state index is 12.2. The Morgan fingerprint density at radius 1 is 1.00 bits per heavy atom. The van der Waals surface area contributed by atoms with Gasteiger partial charge >= 0.3 is 0 Å². The van der Waals surface area contributed by atoms with Crippen LogP contribution in [0.25, 0.3) is 10.8 Å². The van der Waals surface area contributed by atoms with E-state index in [-0.39, 0.29) is 5.91 Å². The number of nitrogens with zero attached hydrogens (tertiary/aromatic N) is 2. The summed E-state index contributed by atoms with van der Waals surface area (Å²) in [4.78, 5) is 14.2. The minimum Gasteiger partial charge on any atom is -0.378 e. The highest BCUT2D eigenvalue weighted by atomic mass is 16.2. The van der Waals surface area contributed by atoms with Gasteiger partial charge in [0.1, 0.15) is 0 Å². The van der Waals surface area contributed by atoms with E-state index in [0.29, 0.717) is 6.42 Å². The second-order valence-electron chi connectivity index (χ2n) is 6.09. The fraction of sp³-hybridized carbons (Fsp3) is 0.143. The predicted octanol–water partition coefficient (Wildman–Crippen LogP) is 3.60. The molecule has 3 aromatic carbocycles. The van der Waals surface area contributed by atoms with Gasteiger partial charge in [-0.3, -0.25) is 4.79 Å². The highest BCUT2D eigenvalue weighted by molar-refractivity contribution is 5.90. The topological polar surface area (TPSA) is 44.7 Å². The van der Waals surface area contributed by atoms with Gasteiger partial charge in [0.05, 0.1) is 12.6 Å². The van der Waals surface area contributed by atoms with Crippen LogP contribution in [0.5, 0.6) is 0 Å². The lowest BCUT2D eigenvalue weighted by atomic mass is 10.0. The molecular formula is C21H21N3O. The van der Waals surface area contributed by atoms with E-state index in [1.54, 1.807) is 6.21 Å². The van der Waals surface area contributed by atoms with Gasteiger partial charge in [-0.05, 0) is 34.0 Å². The quantitative estimate of drug-likeness (QED) is 0.573. The Morgan fingerprint density at radius 3 is 2.48 bits per heavy atom. The van der Waals surface area contributed by atoms with Gasteiger partial charge in [-0.2, -0.15) is 5.10 Å². The molecule has 0 bridgehead atoms. The second-order valence-corrected chi connectivity index (χ2v) is 6.09. The number of anilines is 1. The van der Waals surface area contributed by atoms with Crippen molar-refractivity contribution >= 4 is 28.6 Å². The highest BCUT2D eigenvalue weighted by Gasteiger charge is 2.05. The van der Waals surface area contributed by atoms with Gasteiger partial charge in [-0.1, -0.05) is 54.6 Å². The molecule has 0 atom stereocenters. The Morgan fingerprint density at radius 2 is 1.72 bits per heavy atom. The number of carbonyl (C=O) groups is 1. The van der Waals surface area contributed by atoms with Gasteiger partial charge in [0, 0.05) is 19.8 Å². The first kappa shape index (κ1) is 16.7. The zero-order valence-corrected chi connectivity index (χ0v) is 14.4. The Hall–Kier alpha value is -3.14. The molecule has 0 saturated heterocycles. The Balaban J connectivity index is 1.62. The third kappa shape index (κ3) is 4.23. The van der Waals surface area contributed by atoms with Crippen molar-refractivity contribution < 1.29 is 4.79 Å². The number of amides is 1. The zero-order valence-electron chi connectivity index (χ0n) is 14.4. The summed E-state index contributed by atoms with van der Waals surface area (Å²) in [6.45, 7) is 0. The van der Waals surface area contributed by atoms with Crippen LogP contribution in [0.3, 0.4) is 0 Å². The number of hydrazone groups is 1. The van der Waals surface area contributed by atoms with Crippen LogP contribution >= 0.6 is 0 Å². The van der Waals surface area contributed by atoms with Crippen LogP contribution in [0, 0.1) is 0 Å². The fourth-order valence-corrected chi connectivity index (χ4v) is 2.70. The molecule has 0 spiro atoms. The maximum atomic E-state index is 12.2. The molecule has 0 aliphatic carbocycles. The molecule has 126 valence electrons. The standard InChI is InChI=1S/C21H21N3O/c1-24(2)19-12-10-16(11-13-19)15-22-23-21(25)14-18-8-5-7-17-6-3-4-9-20(17)18/h3-13,15H,14H2,1-2H3,(H,23,25)/b22-15-. The minimum atomic E-state index is -0.127. The number of benzene rings is 3. The molecule has 0 radical (unpaired) electrons. The van der Waals surface area contributed by atoms with Crippen molar-refractivity contribution in [1.82, 2.24) is 5.43 Å². The van der Waals surface area contributed by atoms with E-state index in [0.717, 1.165) is 27.6 Å². The molecule has 0 unspecified atom stereocenters. The molecule has 3 rings (SSSR count). The predicted molar refractivity (Wildman–Crippen MR) is 104 cm³/mol. The van der Waals surface area contributed by atoms with Gasteiger partial charge in [-0.25, -0.2) is 5.43 Å². The van der Waals surface area contributed by atoms with Crippen molar-refractivity contribution in [2.45, 2.75) is 6.42 Å². The van der Waals surface area contributed by atoms with Crippen molar-refractivity contribution in [3.05, 3.63) is 77.9 Å². The molecule has 1 amide bonds. The number of fused-ring (bicyclic) bond motifs is 1. The minimum absolute atomic E-state index is 0.127. The number of hydrogen-bond donors (Lipinski definition) is 1. The first-order valence-electron chi connectivity index (χ1n) is 8.19. The summed E-state index contributed by atoms with van der Waals surface area (Å²) in [5.41, 5.74) is 5.67. The summed E-state index contributed by atoms with van der Waals surface area (Å²) in [6.07, 6.45) is 1.96. The number of nitrogens with one attached hydrogen (secondary N) is 1. The SMILES string of the molecule is CN(C)c1ccc(/C=N\NC(=O)Cc2cccc3ccccc23)cc1. The summed E-state index contributed by atoms with van der Waals surface area (Å²) in [5.74, 6) is -0.127. The largest absolute Gasteiger partial charge is 0.378 e. The fourth-order valence-electron chi connectivity index (χ4n) is 2.70.